The molecule has 0 radical (unpaired) electrons. The molecule has 1 N–H and O–H groups in total. The summed E-state index contributed by atoms with van der Waals surface area (Å²) in [6.45, 7) is 1.75. The number of fused-ring (bicyclic) bond motifs is 1. The van der Waals surface area contributed by atoms with Gasteiger partial charge < -0.3 is 14.7 Å². The first-order valence-corrected chi connectivity index (χ1v) is 6.82. The number of carboxylic acid groups (broad SMARTS) is 1. The quantitative estimate of drug-likeness (QED) is 0.932. The molecule has 0 saturated carbocycles. The molecule has 1 fully saturated rings. The number of hydrogen-bond acceptors (Lipinski definition) is 2. The molecule has 2 aromatic carbocycles. The largest absolute Gasteiger partial charge is 0.493 e. The molecule has 2 aromatic rings. The molecule has 1 amide bonds. The summed E-state index contributed by atoms with van der Waals surface area (Å²) >= 11 is 0. The van der Waals surface area contributed by atoms with Crippen molar-refractivity contribution in [2.75, 3.05) is 19.7 Å². The van der Waals surface area contributed by atoms with Crippen LogP contribution in [0.5, 0.6) is 5.75 Å². The molecule has 3 rings (SSSR count). The highest BCUT2D eigenvalue weighted by molar-refractivity contribution is 5.88. The van der Waals surface area contributed by atoms with Crippen LogP contribution >= 0.6 is 0 Å². The first-order chi connectivity index (χ1) is 9.74. The molecular formula is C16H17NO3. The van der Waals surface area contributed by atoms with Crippen molar-refractivity contribution in [2.24, 2.45) is 5.92 Å². The van der Waals surface area contributed by atoms with Gasteiger partial charge in [-0.15, -0.1) is 0 Å². The van der Waals surface area contributed by atoms with Crippen LogP contribution in [0.1, 0.15) is 6.42 Å². The average Bonchev–Trinajstić information content (AvgIpc) is 2.94. The molecule has 20 heavy (non-hydrogen) atoms. The van der Waals surface area contributed by atoms with Gasteiger partial charge in [0.15, 0.2) is 0 Å². The summed E-state index contributed by atoms with van der Waals surface area (Å²) in [7, 11) is 0. The Balaban J connectivity index is 1.67. The summed E-state index contributed by atoms with van der Waals surface area (Å²) in [5.41, 5.74) is 0. The highest BCUT2D eigenvalue weighted by atomic mass is 16.5. The van der Waals surface area contributed by atoms with Crippen molar-refractivity contribution in [3.05, 3.63) is 42.5 Å². The van der Waals surface area contributed by atoms with E-state index in [1.807, 2.05) is 30.3 Å². The Kier molecular flexibility index (Phi) is 3.46. The lowest BCUT2D eigenvalue weighted by atomic mass is 10.1. The Hall–Kier alpha value is -2.23. The van der Waals surface area contributed by atoms with E-state index >= 15 is 0 Å². The summed E-state index contributed by atoms with van der Waals surface area (Å²) in [6, 6.07) is 14.1. The van der Waals surface area contributed by atoms with Crippen LogP contribution in [-0.2, 0) is 0 Å². The Morgan fingerprint density at radius 1 is 1.25 bits per heavy atom. The van der Waals surface area contributed by atoms with Gasteiger partial charge in [0.2, 0.25) is 0 Å². The van der Waals surface area contributed by atoms with Gasteiger partial charge in [0.25, 0.3) is 0 Å². The van der Waals surface area contributed by atoms with E-state index in [-0.39, 0.29) is 5.92 Å². The van der Waals surface area contributed by atoms with Crippen molar-refractivity contribution in [3.63, 3.8) is 0 Å². The molecule has 1 heterocycles. The average molecular weight is 271 g/mol. The van der Waals surface area contributed by atoms with Gasteiger partial charge in [-0.2, -0.15) is 0 Å². The maximum atomic E-state index is 10.9. The van der Waals surface area contributed by atoms with Crippen molar-refractivity contribution in [3.8, 4) is 5.75 Å². The van der Waals surface area contributed by atoms with Crippen LogP contribution in [0.15, 0.2) is 42.5 Å². The molecule has 4 heteroatoms. The van der Waals surface area contributed by atoms with Crippen LogP contribution in [0.4, 0.5) is 4.79 Å². The molecule has 1 aliphatic heterocycles. The van der Waals surface area contributed by atoms with Crippen molar-refractivity contribution in [1.82, 2.24) is 4.90 Å². The SMILES string of the molecule is O=C(O)N1CCC(COc2cccc3ccccc23)C1. The summed E-state index contributed by atoms with van der Waals surface area (Å²) in [5.74, 6) is 1.15. The van der Waals surface area contributed by atoms with E-state index in [1.165, 1.54) is 4.90 Å². The lowest BCUT2D eigenvalue weighted by molar-refractivity contribution is 0.152. The first-order valence-electron chi connectivity index (χ1n) is 6.82. The van der Waals surface area contributed by atoms with E-state index in [2.05, 4.69) is 12.1 Å². The topological polar surface area (TPSA) is 49.8 Å². The van der Waals surface area contributed by atoms with Crippen molar-refractivity contribution >= 4 is 16.9 Å². The van der Waals surface area contributed by atoms with E-state index in [1.54, 1.807) is 0 Å². The zero-order valence-corrected chi connectivity index (χ0v) is 11.2. The van der Waals surface area contributed by atoms with Gasteiger partial charge in [-0.3, -0.25) is 0 Å². The van der Waals surface area contributed by atoms with Gasteiger partial charge >= 0.3 is 6.09 Å². The molecule has 1 saturated heterocycles. The van der Waals surface area contributed by atoms with Crippen LogP contribution in [0.25, 0.3) is 10.8 Å². The number of ether oxygens (including phenoxy) is 1. The van der Waals surface area contributed by atoms with Gasteiger partial charge in [0, 0.05) is 24.4 Å². The first kappa shape index (κ1) is 12.8. The molecule has 0 spiro atoms. The van der Waals surface area contributed by atoms with Crippen LogP contribution in [0.3, 0.4) is 0 Å². The van der Waals surface area contributed by atoms with Crippen molar-refractivity contribution in [1.29, 1.82) is 0 Å². The predicted molar refractivity (Wildman–Crippen MR) is 77.1 cm³/mol. The number of hydrogen-bond donors (Lipinski definition) is 1. The highest BCUT2D eigenvalue weighted by Crippen LogP contribution is 2.26. The standard InChI is InChI=1S/C16H17NO3/c18-16(19)17-9-8-12(10-17)11-20-15-7-3-5-13-4-1-2-6-14(13)15/h1-7,12H,8-11H2,(H,18,19). The summed E-state index contributed by atoms with van der Waals surface area (Å²) in [5, 5.41) is 11.2. The van der Waals surface area contributed by atoms with E-state index in [0.717, 1.165) is 22.9 Å². The number of benzene rings is 2. The maximum Gasteiger partial charge on any atom is 0.407 e. The zero-order chi connectivity index (χ0) is 13.9. The number of carbonyl (C=O) groups is 1. The second kappa shape index (κ2) is 5.41. The Morgan fingerprint density at radius 2 is 2.05 bits per heavy atom. The maximum absolute atomic E-state index is 10.9. The Labute approximate surface area is 117 Å². The molecule has 1 unspecified atom stereocenters. The van der Waals surface area contributed by atoms with Crippen molar-refractivity contribution in [2.45, 2.75) is 6.42 Å². The Morgan fingerprint density at radius 3 is 2.85 bits per heavy atom. The third kappa shape index (κ3) is 2.54. The van der Waals surface area contributed by atoms with Crippen molar-refractivity contribution < 1.29 is 14.6 Å². The van der Waals surface area contributed by atoms with E-state index in [9.17, 15) is 4.79 Å². The zero-order valence-electron chi connectivity index (χ0n) is 11.2. The second-order valence-corrected chi connectivity index (χ2v) is 5.17. The monoisotopic (exact) mass is 271 g/mol. The minimum absolute atomic E-state index is 0.282. The normalized spacial score (nSPS) is 18.4. The molecular weight excluding hydrogens is 254 g/mol. The van der Waals surface area contributed by atoms with E-state index in [4.69, 9.17) is 9.84 Å². The summed E-state index contributed by atoms with van der Waals surface area (Å²) in [6.07, 6.45) is 0.0366. The molecule has 0 aliphatic carbocycles. The minimum Gasteiger partial charge on any atom is -0.493 e. The van der Waals surface area contributed by atoms with Gasteiger partial charge in [-0.05, 0) is 17.9 Å². The number of nitrogens with zero attached hydrogens (tertiary/aromatic N) is 1. The fraction of sp³-hybridized carbons (Fsp3) is 0.312. The summed E-state index contributed by atoms with van der Waals surface area (Å²) < 4.78 is 5.91. The molecule has 0 aromatic heterocycles. The number of likely N-dealkylation sites (tertiary alicyclic amines) is 1. The van der Waals surface area contributed by atoms with Gasteiger partial charge in [0.1, 0.15) is 5.75 Å². The molecule has 0 bridgehead atoms. The van der Waals surface area contributed by atoms with Gasteiger partial charge in [-0.1, -0.05) is 36.4 Å². The third-order valence-corrected chi connectivity index (χ3v) is 3.78. The lowest BCUT2D eigenvalue weighted by Gasteiger charge is -2.14. The second-order valence-electron chi connectivity index (χ2n) is 5.17. The van der Waals surface area contributed by atoms with Gasteiger partial charge in [0.05, 0.1) is 6.61 Å². The Bertz CT molecular complexity index is 621. The highest BCUT2D eigenvalue weighted by Gasteiger charge is 2.26. The third-order valence-electron chi connectivity index (χ3n) is 3.78. The van der Waals surface area contributed by atoms with Crippen LogP contribution < -0.4 is 4.74 Å². The van der Waals surface area contributed by atoms with E-state index in [0.29, 0.717) is 19.7 Å². The lowest BCUT2D eigenvalue weighted by Crippen LogP contribution is -2.27. The van der Waals surface area contributed by atoms with Gasteiger partial charge in [-0.25, -0.2) is 4.79 Å². The molecule has 4 nitrogen and oxygen atoms in total. The smallest absolute Gasteiger partial charge is 0.407 e. The molecule has 1 atom stereocenters. The summed E-state index contributed by atoms with van der Waals surface area (Å²) in [4.78, 5) is 12.3. The predicted octanol–water partition coefficient (Wildman–Crippen LogP) is 3.22. The van der Waals surface area contributed by atoms with Crippen LogP contribution in [0, 0.1) is 5.92 Å². The van der Waals surface area contributed by atoms with Crippen LogP contribution in [0.2, 0.25) is 0 Å². The minimum atomic E-state index is -0.835. The number of rotatable bonds is 3. The van der Waals surface area contributed by atoms with E-state index < -0.39 is 6.09 Å². The molecule has 104 valence electrons. The fourth-order valence-corrected chi connectivity index (χ4v) is 2.67. The number of amides is 1. The fourth-order valence-electron chi connectivity index (χ4n) is 2.67. The van der Waals surface area contributed by atoms with Crippen LogP contribution in [-0.4, -0.2) is 35.8 Å². The molecule has 1 aliphatic rings.